The van der Waals surface area contributed by atoms with E-state index in [1.807, 2.05) is 18.3 Å². The molecule has 3 aromatic rings. The summed E-state index contributed by atoms with van der Waals surface area (Å²) in [6.07, 6.45) is 9.34. The highest BCUT2D eigenvalue weighted by Gasteiger charge is 2.32. The van der Waals surface area contributed by atoms with E-state index in [-0.39, 0.29) is 29.9 Å². The Hall–Kier alpha value is -3.61. The van der Waals surface area contributed by atoms with Gasteiger partial charge >= 0.3 is 6.03 Å². The van der Waals surface area contributed by atoms with Crippen molar-refractivity contribution in [2.24, 2.45) is 5.92 Å². The van der Waals surface area contributed by atoms with Crippen molar-refractivity contribution >= 4 is 23.3 Å². The van der Waals surface area contributed by atoms with E-state index in [1.54, 1.807) is 36.8 Å². The first-order chi connectivity index (χ1) is 15.2. The van der Waals surface area contributed by atoms with Crippen LogP contribution < -0.4 is 16.0 Å². The number of carbonyl (C=O) groups is 2. The second-order valence-electron chi connectivity index (χ2n) is 8.23. The molecule has 2 aromatic carbocycles. The van der Waals surface area contributed by atoms with Crippen LogP contribution in [0.2, 0.25) is 0 Å². The molecule has 0 spiro atoms. The van der Waals surface area contributed by atoms with Gasteiger partial charge in [0.2, 0.25) is 5.91 Å². The van der Waals surface area contributed by atoms with Gasteiger partial charge in [-0.15, -0.1) is 0 Å². The van der Waals surface area contributed by atoms with Crippen molar-refractivity contribution in [1.29, 1.82) is 0 Å². The minimum absolute atomic E-state index is 0.0694. The molecule has 0 radical (unpaired) electrons. The first-order valence-corrected chi connectivity index (χ1v) is 10.7. The summed E-state index contributed by atoms with van der Waals surface area (Å²) in [7, 11) is 0. The second-order valence-corrected chi connectivity index (χ2v) is 8.23. The lowest BCUT2D eigenvalue weighted by molar-refractivity contribution is -0.117. The molecule has 5 rings (SSSR count). The van der Waals surface area contributed by atoms with E-state index in [2.05, 4.69) is 37.6 Å². The topological polar surface area (TPSA) is 88.0 Å². The number of benzene rings is 2. The third-order valence-electron chi connectivity index (χ3n) is 6.04. The summed E-state index contributed by atoms with van der Waals surface area (Å²) in [6, 6.07) is 15.1. The number of hydrogen-bond acceptors (Lipinski definition) is 3. The summed E-state index contributed by atoms with van der Waals surface area (Å²) in [5, 5.41) is 8.98. The standard InChI is InChI=1S/C24H25N5O2/c30-23(17-5-6-17)26-18-8-10-19(11-9-18)27-24(31)28-22-20-4-2-1-3-16(20)7-12-21(22)29-14-13-25-15-29/h1-4,8-11,13-15,17,21-22H,5-7,12H2,(H,26,30)(H2,27,28,31)/t21-,22-/m0/s1. The third-order valence-corrected chi connectivity index (χ3v) is 6.04. The van der Waals surface area contributed by atoms with Crippen LogP contribution in [0.25, 0.3) is 0 Å². The maximum absolute atomic E-state index is 12.8. The van der Waals surface area contributed by atoms with Crippen molar-refractivity contribution in [2.45, 2.75) is 37.8 Å². The summed E-state index contributed by atoms with van der Waals surface area (Å²) in [5.74, 6) is 0.227. The van der Waals surface area contributed by atoms with Crippen LogP contribution >= 0.6 is 0 Å². The van der Waals surface area contributed by atoms with Crippen LogP contribution in [0.15, 0.2) is 67.3 Å². The lowest BCUT2D eigenvalue weighted by atomic mass is 9.84. The monoisotopic (exact) mass is 415 g/mol. The minimum atomic E-state index is -0.262. The van der Waals surface area contributed by atoms with E-state index in [9.17, 15) is 9.59 Å². The fourth-order valence-electron chi connectivity index (χ4n) is 4.24. The first kappa shape index (κ1) is 19.4. The molecular weight excluding hydrogens is 390 g/mol. The van der Waals surface area contributed by atoms with E-state index < -0.39 is 0 Å². The molecule has 1 aromatic heterocycles. The number of imidazole rings is 1. The molecule has 0 aliphatic heterocycles. The van der Waals surface area contributed by atoms with Gasteiger partial charge in [0, 0.05) is 29.7 Å². The van der Waals surface area contributed by atoms with Crippen molar-refractivity contribution in [2.75, 3.05) is 10.6 Å². The minimum Gasteiger partial charge on any atom is -0.332 e. The van der Waals surface area contributed by atoms with Crippen LogP contribution in [-0.2, 0) is 11.2 Å². The zero-order chi connectivity index (χ0) is 21.2. The Kier molecular flexibility index (Phi) is 5.16. The summed E-state index contributed by atoms with van der Waals surface area (Å²) in [6.45, 7) is 0. The normalized spacial score (nSPS) is 19.9. The third kappa shape index (κ3) is 4.30. The maximum Gasteiger partial charge on any atom is 0.319 e. The number of nitrogens with zero attached hydrogens (tertiary/aromatic N) is 2. The van der Waals surface area contributed by atoms with Crippen molar-refractivity contribution in [1.82, 2.24) is 14.9 Å². The van der Waals surface area contributed by atoms with Crippen molar-refractivity contribution in [3.63, 3.8) is 0 Å². The first-order valence-electron chi connectivity index (χ1n) is 10.7. The van der Waals surface area contributed by atoms with Crippen LogP contribution in [0.5, 0.6) is 0 Å². The SMILES string of the molecule is O=C(Nc1ccc(NC(=O)C2CC2)cc1)N[C@H]1c2ccccc2CC[C@@H]1n1ccnc1. The summed E-state index contributed by atoms with van der Waals surface area (Å²) in [4.78, 5) is 28.9. The molecule has 3 N–H and O–H groups in total. The number of carbonyl (C=O) groups excluding carboxylic acids is 2. The Morgan fingerprint density at radius 1 is 0.935 bits per heavy atom. The van der Waals surface area contributed by atoms with Crippen LogP contribution in [0.4, 0.5) is 16.2 Å². The van der Waals surface area contributed by atoms with Gasteiger partial charge in [-0.2, -0.15) is 0 Å². The molecule has 2 atom stereocenters. The smallest absolute Gasteiger partial charge is 0.319 e. The van der Waals surface area contributed by atoms with Crippen molar-refractivity contribution < 1.29 is 9.59 Å². The van der Waals surface area contributed by atoms with Gasteiger partial charge in [0.15, 0.2) is 0 Å². The molecule has 7 heteroatoms. The van der Waals surface area contributed by atoms with Gasteiger partial charge in [-0.05, 0) is 61.1 Å². The van der Waals surface area contributed by atoms with Gasteiger partial charge in [-0.25, -0.2) is 9.78 Å². The molecule has 1 saturated carbocycles. The van der Waals surface area contributed by atoms with Gasteiger partial charge in [-0.1, -0.05) is 24.3 Å². The largest absolute Gasteiger partial charge is 0.332 e. The molecule has 7 nitrogen and oxygen atoms in total. The van der Waals surface area contributed by atoms with Crippen LogP contribution in [0, 0.1) is 5.92 Å². The van der Waals surface area contributed by atoms with Gasteiger partial charge in [0.05, 0.1) is 18.4 Å². The fraction of sp³-hybridized carbons (Fsp3) is 0.292. The Labute approximate surface area is 180 Å². The molecule has 0 bridgehead atoms. The van der Waals surface area contributed by atoms with E-state index in [0.29, 0.717) is 5.69 Å². The molecule has 2 aliphatic rings. The summed E-state index contributed by atoms with van der Waals surface area (Å²) < 4.78 is 2.07. The number of aromatic nitrogens is 2. The number of hydrogen-bond donors (Lipinski definition) is 3. The van der Waals surface area contributed by atoms with Crippen LogP contribution in [-0.4, -0.2) is 21.5 Å². The van der Waals surface area contributed by atoms with E-state index in [4.69, 9.17) is 0 Å². The number of nitrogens with one attached hydrogen (secondary N) is 3. The highest BCUT2D eigenvalue weighted by molar-refractivity contribution is 5.94. The molecule has 0 unspecified atom stereocenters. The van der Waals surface area contributed by atoms with Crippen molar-refractivity contribution in [3.05, 3.63) is 78.4 Å². The number of anilines is 2. The molecular formula is C24H25N5O2. The molecule has 1 fully saturated rings. The zero-order valence-corrected chi connectivity index (χ0v) is 17.1. The summed E-state index contributed by atoms with van der Waals surface area (Å²) >= 11 is 0. The lowest BCUT2D eigenvalue weighted by Gasteiger charge is -2.35. The Bertz CT molecular complexity index is 1070. The van der Waals surface area contributed by atoms with Gasteiger partial charge < -0.3 is 20.5 Å². The molecule has 1 heterocycles. The van der Waals surface area contributed by atoms with E-state index in [1.165, 1.54) is 5.56 Å². The van der Waals surface area contributed by atoms with E-state index >= 15 is 0 Å². The molecule has 2 aliphatic carbocycles. The highest BCUT2D eigenvalue weighted by Crippen LogP contribution is 2.37. The number of rotatable bonds is 5. The average Bonchev–Trinajstić information content (AvgIpc) is 3.50. The Morgan fingerprint density at radius 3 is 2.39 bits per heavy atom. The molecule has 0 saturated heterocycles. The molecule has 158 valence electrons. The quantitative estimate of drug-likeness (QED) is 0.581. The summed E-state index contributed by atoms with van der Waals surface area (Å²) in [5.41, 5.74) is 3.81. The van der Waals surface area contributed by atoms with Crippen LogP contribution in [0.1, 0.15) is 42.5 Å². The number of fused-ring (bicyclic) bond motifs is 1. The Balaban J connectivity index is 1.28. The zero-order valence-electron chi connectivity index (χ0n) is 17.1. The highest BCUT2D eigenvalue weighted by atomic mass is 16.2. The van der Waals surface area contributed by atoms with Gasteiger partial charge in [0.1, 0.15) is 0 Å². The van der Waals surface area contributed by atoms with Crippen LogP contribution in [0.3, 0.4) is 0 Å². The number of urea groups is 1. The lowest BCUT2D eigenvalue weighted by Crippen LogP contribution is -2.39. The predicted molar refractivity (Wildman–Crippen MR) is 119 cm³/mol. The molecule has 31 heavy (non-hydrogen) atoms. The molecule has 3 amide bonds. The second kappa shape index (κ2) is 8.26. The van der Waals surface area contributed by atoms with Crippen molar-refractivity contribution in [3.8, 4) is 0 Å². The number of aryl methyl sites for hydroxylation is 1. The van der Waals surface area contributed by atoms with Gasteiger partial charge in [0.25, 0.3) is 0 Å². The van der Waals surface area contributed by atoms with Gasteiger partial charge in [-0.3, -0.25) is 4.79 Å². The van der Waals surface area contributed by atoms with E-state index in [0.717, 1.165) is 36.9 Å². The fourth-order valence-corrected chi connectivity index (χ4v) is 4.24. The maximum atomic E-state index is 12.8. The Morgan fingerprint density at radius 2 is 1.68 bits per heavy atom. The average molecular weight is 415 g/mol. The predicted octanol–water partition coefficient (Wildman–Crippen LogP) is 4.28. The number of amides is 3.